The normalized spacial score (nSPS) is 11.6. The van der Waals surface area contributed by atoms with Crippen LogP contribution in [0.2, 0.25) is 0 Å². The van der Waals surface area contributed by atoms with Crippen LogP contribution in [0.4, 0.5) is 17.1 Å². The highest BCUT2D eigenvalue weighted by atomic mass is 15.1. The van der Waals surface area contributed by atoms with Crippen molar-refractivity contribution in [3.05, 3.63) is 212 Å². The maximum Gasteiger partial charge on any atom is 0.0468 e. The second-order valence-corrected chi connectivity index (χ2v) is 14.5. The number of hydrogen-bond acceptors (Lipinski definition) is 1. The van der Waals surface area contributed by atoms with Crippen molar-refractivity contribution in [3.63, 3.8) is 0 Å². The standard InChI is InChI=1S/C54H35N/c1-4-14-40-31-43(22-21-36(40)11-1)53-35-44-34-52(48-17-7-9-19-50(48)54(44)51-20-10-8-18-49(51)53)39-25-27-45(28-26-39)55(46-29-23-37-12-2-5-15-41(37)32-46)47-30-24-38-13-3-6-16-42(38)33-47/h1-35H. The van der Waals surface area contributed by atoms with E-state index in [1.807, 2.05) is 0 Å². The van der Waals surface area contributed by atoms with Gasteiger partial charge >= 0.3 is 0 Å². The Hall–Kier alpha value is -7.22. The summed E-state index contributed by atoms with van der Waals surface area (Å²) in [6.07, 6.45) is 0. The van der Waals surface area contributed by atoms with Gasteiger partial charge in [0.25, 0.3) is 0 Å². The lowest BCUT2D eigenvalue weighted by atomic mass is 9.87. The van der Waals surface area contributed by atoms with E-state index in [0.29, 0.717) is 0 Å². The first-order chi connectivity index (χ1) is 27.2. The first kappa shape index (κ1) is 31.3. The molecular formula is C54H35N. The van der Waals surface area contributed by atoms with Crippen molar-refractivity contribution in [2.75, 3.05) is 4.90 Å². The molecule has 11 aromatic rings. The van der Waals surface area contributed by atoms with Crippen LogP contribution in [0.1, 0.15) is 0 Å². The molecular weight excluding hydrogens is 663 g/mol. The van der Waals surface area contributed by atoms with E-state index in [1.165, 1.54) is 86.9 Å². The third-order valence-corrected chi connectivity index (χ3v) is 11.3. The molecule has 0 radical (unpaired) electrons. The second-order valence-electron chi connectivity index (χ2n) is 14.5. The molecule has 0 amide bonds. The van der Waals surface area contributed by atoms with Gasteiger partial charge in [0.05, 0.1) is 0 Å². The summed E-state index contributed by atoms with van der Waals surface area (Å²) < 4.78 is 0. The van der Waals surface area contributed by atoms with E-state index in [-0.39, 0.29) is 0 Å². The third kappa shape index (κ3) is 5.32. The molecule has 1 nitrogen and oxygen atoms in total. The topological polar surface area (TPSA) is 3.24 Å². The fraction of sp³-hybridized carbons (Fsp3) is 0. The molecule has 0 spiro atoms. The highest BCUT2D eigenvalue weighted by molar-refractivity contribution is 6.26. The molecule has 0 fully saturated rings. The molecule has 11 rings (SSSR count). The fourth-order valence-electron chi connectivity index (χ4n) is 8.68. The van der Waals surface area contributed by atoms with E-state index in [1.54, 1.807) is 0 Å². The van der Waals surface area contributed by atoms with Crippen LogP contribution in [0.3, 0.4) is 0 Å². The molecule has 0 saturated carbocycles. The summed E-state index contributed by atoms with van der Waals surface area (Å²) >= 11 is 0. The smallest absolute Gasteiger partial charge is 0.0468 e. The van der Waals surface area contributed by atoms with Gasteiger partial charge in [-0.3, -0.25) is 0 Å². The summed E-state index contributed by atoms with van der Waals surface area (Å²) in [6, 6.07) is 77.9. The largest absolute Gasteiger partial charge is 0.310 e. The monoisotopic (exact) mass is 697 g/mol. The van der Waals surface area contributed by atoms with Crippen molar-refractivity contribution in [2.24, 2.45) is 0 Å². The number of fused-ring (bicyclic) bond motifs is 8. The van der Waals surface area contributed by atoms with Crippen LogP contribution in [0.5, 0.6) is 0 Å². The summed E-state index contributed by atoms with van der Waals surface area (Å²) in [5.74, 6) is 0. The zero-order valence-corrected chi connectivity index (χ0v) is 30.2. The summed E-state index contributed by atoms with van der Waals surface area (Å²) in [4.78, 5) is 2.38. The molecule has 0 aliphatic rings. The summed E-state index contributed by atoms with van der Waals surface area (Å²) in [7, 11) is 0. The Labute approximate surface area is 320 Å². The maximum absolute atomic E-state index is 2.41. The van der Waals surface area contributed by atoms with Gasteiger partial charge in [-0.25, -0.2) is 0 Å². The number of nitrogens with zero attached hydrogens (tertiary/aromatic N) is 1. The molecule has 0 saturated heterocycles. The average molecular weight is 698 g/mol. The van der Waals surface area contributed by atoms with Gasteiger partial charge in [-0.1, -0.05) is 158 Å². The Bertz CT molecular complexity index is 3190. The number of hydrogen-bond donors (Lipinski definition) is 0. The van der Waals surface area contributed by atoms with Gasteiger partial charge in [0.15, 0.2) is 0 Å². The summed E-state index contributed by atoms with van der Waals surface area (Å²) in [5, 5.41) is 15.1. The van der Waals surface area contributed by atoms with Crippen LogP contribution in [-0.2, 0) is 0 Å². The fourth-order valence-corrected chi connectivity index (χ4v) is 8.68. The quantitative estimate of drug-likeness (QED) is 0.162. The molecule has 0 bridgehead atoms. The van der Waals surface area contributed by atoms with Crippen molar-refractivity contribution < 1.29 is 0 Å². The minimum Gasteiger partial charge on any atom is -0.310 e. The zero-order chi connectivity index (χ0) is 36.3. The van der Waals surface area contributed by atoms with Crippen LogP contribution >= 0.6 is 0 Å². The Kier molecular flexibility index (Phi) is 7.25. The SMILES string of the molecule is c1ccc2cc(-c3cc4cc(-c5ccc(N(c6ccc7ccccc7c6)c6ccc7ccccc7c6)cc5)c5ccccc5c4c4ccccc34)ccc2c1. The Balaban J connectivity index is 1.09. The molecule has 0 aliphatic carbocycles. The summed E-state index contributed by atoms with van der Waals surface area (Å²) in [6.45, 7) is 0. The molecule has 0 heterocycles. The number of rotatable bonds is 5. The molecule has 0 aliphatic heterocycles. The van der Waals surface area contributed by atoms with Crippen LogP contribution in [0.15, 0.2) is 212 Å². The van der Waals surface area contributed by atoms with Gasteiger partial charge in [-0.2, -0.15) is 0 Å². The van der Waals surface area contributed by atoms with E-state index in [4.69, 9.17) is 0 Å². The zero-order valence-electron chi connectivity index (χ0n) is 30.2. The van der Waals surface area contributed by atoms with E-state index in [2.05, 4.69) is 217 Å². The molecule has 0 aromatic heterocycles. The molecule has 11 aromatic carbocycles. The molecule has 256 valence electrons. The van der Waals surface area contributed by atoms with Gasteiger partial charge in [0.2, 0.25) is 0 Å². The Morgan fingerprint density at radius 1 is 0.236 bits per heavy atom. The van der Waals surface area contributed by atoms with Crippen molar-refractivity contribution in [2.45, 2.75) is 0 Å². The van der Waals surface area contributed by atoms with Gasteiger partial charge < -0.3 is 4.90 Å². The van der Waals surface area contributed by atoms with E-state index in [9.17, 15) is 0 Å². The molecule has 0 atom stereocenters. The minimum atomic E-state index is 1.11. The lowest BCUT2D eigenvalue weighted by Gasteiger charge is -2.26. The van der Waals surface area contributed by atoms with Crippen LogP contribution in [0, 0.1) is 0 Å². The van der Waals surface area contributed by atoms with Crippen molar-refractivity contribution in [1.82, 2.24) is 0 Å². The molecule has 1 heteroatoms. The lowest BCUT2D eigenvalue weighted by molar-refractivity contribution is 1.29. The first-order valence-electron chi connectivity index (χ1n) is 19.0. The minimum absolute atomic E-state index is 1.11. The third-order valence-electron chi connectivity index (χ3n) is 11.3. The lowest BCUT2D eigenvalue weighted by Crippen LogP contribution is -2.09. The van der Waals surface area contributed by atoms with Crippen molar-refractivity contribution in [3.8, 4) is 22.3 Å². The van der Waals surface area contributed by atoms with E-state index < -0.39 is 0 Å². The van der Waals surface area contributed by atoms with E-state index in [0.717, 1.165) is 17.1 Å². The van der Waals surface area contributed by atoms with Crippen LogP contribution in [0.25, 0.3) is 86.9 Å². The van der Waals surface area contributed by atoms with Gasteiger partial charge in [0.1, 0.15) is 0 Å². The van der Waals surface area contributed by atoms with Crippen LogP contribution < -0.4 is 4.90 Å². The van der Waals surface area contributed by atoms with Gasteiger partial charge in [0, 0.05) is 17.1 Å². The molecule has 0 N–H and O–H groups in total. The highest BCUT2D eigenvalue weighted by Gasteiger charge is 2.17. The van der Waals surface area contributed by atoms with Gasteiger partial charge in [-0.05, 0) is 141 Å². The number of benzene rings is 11. The average Bonchev–Trinajstić information content (AvgIpc) is 3.26. The second kappa shape index (κ2) is 12.7. The Morgan fingerprint density at radius 2 is 0.618 bits per heavy atom. The summed E-state index contributed by atoms with van der Waals surface area (Å²) in [5.41, 5.74) is 8.29. The highest BCUT2D eigenvalue weighted by Crippen LogP contribution is 2.44. The van der Waals surface area contributed by atoms with Crippen molar-refractivity contribution in [1.29, 1.82) is 0 Å². The van der Waals surface area contributed by atoms with Crippen molar-refractivity contribution >= 4 is 81.7 Å². The number of anilines is 3. The van der Waals surface area contributed by atoms with Crippen LogP contribution in [-0.4, -0.2) is 0 Å². The first-order valence-corrected chi connectivity index (χ1v) is 19.0. The predicted octanol–water partition coefficient (Wildman–Crippen LogP) is 15.4. The maximum atomic E-state index is 2.41. The van der Waals surface area contributed by atoms with Gasteiger partial charge in [-0.15, -0.1) is 0 Å². The predicted molar refractivity (Wildman–Crippen MR) is 237 cm³/mol. The van der Waals surface area contributed by atoms with E-state index >= 15 is 0 Å². The molecule has 0 unspecified atom stereocenters. The Morgan fingerprint density at radius 3 is 1.15 bits per heavy atom. The molecule has 55 heavy (non-hydrogen) atoms.